The summed E-state index contributed by atoms with van der Waals surface area (Å²) >= 11 is 2.91. The number of hydrogen-bond acceptors (Lipinski definition) is 6. The second-order valence-electron chi connectivity index (χ2n) is 7.26. The molecular formula is C25H18N4O2S2. The summed E-state index contributed by atoms with van der Waals surface area (Å²) in [5, 5.41) is 8.84. The molecule has 0 saturated heterocycles. The summed E-state index contributed by atoms with van der Waals surface area (Å²) in [5.74, 6) is -0.407. The molecule has 33 heavy (non-hydrogen) atoms. The largest absolute Gasteiger partial charge is 0.326 e. The van der Waals surface area contributed by atoms with Crippen molar-refractivity contribution in [2.45, 2.75) is 6.42 Å². The first-order valence-electron chi connectivity index (χ1n) is 10.2. The fourth-order valence-electron chi connectivity index (χ4n) is 3.30. The van der Waals surface area contributed by atoms with Gasteiger partial charge in [0.25, 0.3) is 5.91 Å². The zero-order chi connectivity index (χ0) is 22.6. The molecule has 5 rings (SSSR count). The van der Waals surface area contributed by atoms with Gasteiger partial charge in [-0.25, -0.2) is 9.97 Å². The van der Waals surface area contributed by atoms with E-state index in [1.54, 1.807) is 41.0 Å². The molecule has 3 aromatic carbocycles. The first kappa shape index (κ1) is 21.0. The summed E-state index contributed by atoms with van der Waals surface area (Å²) in [6.45, 7) is 0. The number of carbonyl (C=O) groups excluding carboxylic acids is 2. The third kappa shape index (κ3) is 4.97. The Balaban J connectivity index is 1.23. The van der Waals surface area contributed by atoms with E-state index in [4.69, 9.17) is 0 Å². The number of fused-ring (bicyclic) bond motifs is 1. The van der Waals surface area contributed by atoms with Crippen LogP contribution in [0.25, 0.3) is 20.8 Å². The van der Waals surface area contributed by atoms with Crippen molar-refractivity contribution in [3.05, 3.63) is 95.5 Å². The van der Waals surface area contributed by atoms with Gasteiger partial charge in [0.1, 0.15) is 5.01 Å². The molecule has 2 N–H and O–H groups in total. The molecule has 2 aromatic heterocycles. The molecule has 5 aromatic rings. The minimum absolute atomic E-state index is 0.114. The average molecular weight is 471 g/mol. The number of nitrogens with one attached hydrogen (secondary N) is 2. The Labute approximate surface area is 198 Å². The van der Waals surface area contributed by atoms with E-state index in [-0.39, 0.29) is 18.2 Å². The van der Waals surface area contributed by atoms with Gasteiger partial charge >= 0.3 is 0 Å². The van der Waals surface area contributed by atoms with E-state index in [0.717, 1.165) is 20.8 Å². The predicted molar refractivity (Wildman–Crippen MR) is 134 cm³/mol. The summed E-state index contributed by atoms with van der Waals surface area (Å²) in [4.78, 5) is 33.9. The number of benzene rings is 3. The number of nitrogens with zero attached hydrogens (tertiary/aromatic N) is 2. The van der Waals surface area contributed by atoms with Crippen LogP contribution >= 0.6 is 22.7 Å². The van der Waals surface area contributed by atoms with Gasteiger partial charge in [0.2, 0.25) is 5.91 Å². The number of hydrogen-bond donors (Lipinski definition) is 2. The van der Waals surface area contributed by atoms with Crippen LogP contribution in [0.4, 0.5) is 10.8 Å². The lowest BCUT2D eigenvalue weighted by Gasteiger charge is -2.05. The van der Waals surface area contributed by atoms with E-state index < -0.39 is 0 Å². The summed E-state index contributed by atoms with van der Waals surface area (Å²) in [5.41, 5.74) is 3.77. The lowest BCUT2D eigenvalue weighted by molar-refractivity contribution is -0.115. The molecule has 0 fully saturated rings. The van der Waals surface area contributed by atoms with Gasteiger partial charge in [-0.2, -0.15) is 0 Å². The number of carbonyl (C=O) groups is 2. The molecule has 0 radical (unpaired) electrons. The molecule has 0 saturated carbocycles. The molecule has 6 nitrogen and oxygen atoms in total. The van der Waals surface area contributed by atoms with Crippen molar-refractivity contribution in [2.24, 2.45) is 0 Å². The summed E-state index contributed by atoms with van der Waals surface area (Å²) in [6.07, 6.45) is 0.114. The van der Waals surface area contributed by atoms with Gasteiger partial charge in [-0.05, 0) is 36.4 Å². The van der Waals surface area contributed by atoms with Gasteiger partial charge in [0.05, 0.1) is 22.3 Å². The third-order valence-corrected chi connectivity index (χ3v) is 6.73. The van der Waals surface area contributed by atoms with Gasteiger partial charge in [-0.15, -0.1) is 22.7 Å². The van der Waals surface area contributed by atoms with Crippen LogP contribution in [0.5, 0.6) is 0 Å². The van der Waals surface area contributed by atoms with Crippen molar-refractivity contribution in [1.82, 2.24) is 9.97 Å². The van der Waals surface area contributed by atoms with Gasteiger partial charge < -0.3 is 5.32 Å². The fraction of sp³-hybridized carbons (Fsp3) is 0.0400. The molecule has 0 aliphatic carbocycles. The molecule has 0 unspecified atom stereocenters. The minimum Gasteiger partial charge on any atom is -0.326 e. The van der Waals surface area contributed by atoms with Crippen LogP contribution in [0.1, 0.15) is 16.1 Å². The van der Waals surface area contributed by atoms with Gasteiger partial charge in [0, 0.05) is 22.2 Å². The van der Waals surface area contributed by atoms with Crippen LogP contribution in [0.3, 0.4) is 0 Å². The van der Waals surface area contributed by atoms with Crippen LogP contribution in [0, 0.1) is 0 Å². The molecule has 0 aliphatic heterocycles. The van der Waals surface area contributed by atoms with Crippen molar-refractivity contribution < 1.29 is 9.59 Å². The highest BCUT2D eigenvalue weighted by atomic mass is 32.1. The van der Waals surface area contributed by atoms with Crippen LogP contribution in [0.2, 0.25) is 0 Å². The first-order chi connectivity index (χ1) is 16.1. The third-order valence-electron chi connectivity index (χ3n) is 4.84. The van der Waals surface area contributed by atoms with Crippen LogP contribution in [-0.2, 0) is 11.2 Å². The lowest BCUT2D eigenvalue weighted by atomic mass is 10.2. The fourth-order valence-corrected chi connectivity index (χ4v) is 4.97. The Hall–Kier alpha value is -3.88. The number of aromatic nitrogens is 2. The van der Waals surface area contributed by atoms with Gasteiger partial charge in [-0.3, -0.25) is 14.9 Å². The molecule has 0 aliphatic rings. The second-order valence-corrected chi connectivity index (χ2v) is 9.15. The standard InChI is InChI=1S/C25H18N4O2S2/c30-22(14-19-15-32-25(27-19)29-23(31)16-7-2-1-3-8-16)26-18-10-6-9-17(13-18)24-28-20-11-4-5-12-21(20)33-24/h1-13,15H,14H2,(H,26,30)(H,27,29,31). The Morgan fingerprint density at radius 2 is 1.67 bits per heavy atom. The summed E-state index contributed by atoms with van der Waals surface area (Å²) < 4.78 is 1.13. The Bertz CT molecular complexity index is 1410. The number of amides is 2. The molecule has 0 spiro atoms. The van der Waals surface area contributed by atoms with E-state index >= 15 is 0 Å². The quantitative estimate of drug-likeness (QED) is 0.326. The topological polar surface area (TPSA) is 84.0 Å². The average Bonchev–Trinajstić information content (AvgIpc) is 3.46. The first-order valence-corrected chi connectivity index (χ1v) is 11.9. The molecule has 0 atom stereocenters. The van der Waals surface area contributed by atoms with Crippen LogP contribution < -0.4 is 10.6 Å². The number of anilines is 2. The van der Waals surface area contributed by atoms with Gasteiger partial charge in [0.15, 0.2) is 5.13 Å². The maximum absolute atomic E-state index is 12.6. The van der Waals surface area contributed by atoms with Gasteiger partial charge in [-0.1, -0.05) is 42.5 Å². The normalized spacial score (nSPS) is 10.8. The maximum Gasteiger partial charge on any atom is 0.257 e. The summed E-state index contributed by atoms with van der Waals surface area (Å²) in [7, 11) is 0. The van der Waals surface area contributed by atoms with Crippen molar-refractivity contribution in [2.75, 3.05) is 10.6 Å². The highest BCUT2D eigenvalue weighted by Crippen LogP contribution is 2.31. The molecule has 8 heteroatoms. The highest BCUT2D eigenvalue weighted by Gasteiger charge is 2.12. The monoisotopic (exact) mass is 470 g/mol. The van der Waals surface area contributed by atoms with Crippen molar-refractivity contribution in [3.63, 3.8) is 0 Å². The molecular weight excluding hydrogens is 452 g/mol. The predicted octanol–water partition coefficient (Wildman–Crippen LogP) is 5.85. The second kappa shape index (κ2) is 9.32. The molecule has 2 heterocycles. The van der Waals surface area contributed by atoms with Crippen molar-refractivity contribution in [1.29, 1.82) is 0 Å². The maximum atomic E-state index is 12.6. The molecule has 162 valence electrons. The zero-order valence-corrected chi connectivity index (χ0v) is 19.0. The van der Waals surface area contributed by atoms with Crippen molar-refractivity contribution >= 4 is 55.5 Å². The van der Waals surface area contributed by atoms with Crippen LogP contribution in [-0.4, -0.2) is 21.8 Å². The summed E-state index contributed by atoms with van der Waals surface area (Å²) in [6, 6.07) is 24.6. The zero-order valence-electron chi connectivity index (χ0n) is 17.3. The number of para-hydroxylation sites is 1. The highest BCUT2D eigenvalue weighted by molar-refractivity contribution is 7.21. The lowest BCUT2D eigenvalue weighted by Crippen LogP contribution is -2.15. The van der Waals surface area contributed by atoms with Crippen molar-refractivity contribution in [3.8, 4) is 10.6 Å². The Morgan fingerprint density at radius 1 is 0.848 bits per heavy atom. The van der Waals surface area contributed by atoms with E-state index in [0.29, 0.717) is 22.1 Å². The molecule has 2 amide bonds. The molecule has 0 bridgehead atoms. The number of rotatable bonds is 6. The minimum atomic E-state index is -0.229. The van der Waals surface area contributed by atoms with E-state index in [1.807, 2.05) is 54.6 Å². The smallest absolute Gasteiger partial charge is 0.257 e. The van der Waals surface area contributed by atoms with E-state index in [2.05, 4.69) is 20.6 Å². The van der Waals surface area contributed by atoms with Crippen LogP contribution in [0.15, 0.2) is 84.2 Å². The Kier molecular flexibility index (Phi) is 5.93. The Morgan fingerprint density at radius 3 is 2.52 bits per heavy atom. The number of thiazole rings is 2. The van der Waals surface area contributed by atoms with E-state index in [1.165, 1.54) is 11.3 Å². The SMILES string of the molecule is O=C(Cc1csc(NC(=O)c2ccccc2)n1)Nc1cccc(-c2nc3ccccc3s2)c1. The van der Waals surface area contributed by atoms with E-state index in [9.17, 15) is 9.59 Å².